The van der Waals surface area contributed by atoms with Crippen LogP contribution >= 0.6 is 11.3 Å². The average molecular weight is 295 g/mol. The summed E-state index contributed by atoms with van der Waals surface area (Å²) in [6.07, 6.45) is 3.15. The zero-order valence-corrected chi connectivity index (χ0v) is 12.3. The van der Waals surface area contributed by atoms with Gasteiger partial charge in [0.2, 0.25) is 0 Å². The number of pyridine rings is 1. The predicted octanol–water partition coefficient (Wildman–Crippen LogP) is 2.70. The van der Waals surface area contributed by atoms with Gasteiger partial charge in [-0.2, -0.15) is 11.3 Å². The molecule has 1 aliphatic rings. The molecule has 104 valence electrons. The summed E-state index contributed by atoms with van der Waals surface area (Å²) in [5, 5.41) is 4.11. The van der Waals surface area contributed by atoms with Crippen molar-refractivity contribution < 1.29 is 0 Å². The molecule has 1 aliphatic carbocycles. The van der Waals surface area contributed by atoms with Crippen LogP contribution in [-0.4, -0.2) is 15.0 Å². The fourth-order valence-electron chi connectivity index (χ4n) is 2.78. The number of aryl methyl sites for hydroxylation is 1. The topological polar surface area (TPSA) is 58.6 Å². The van der Waals surface area contributed by atoms with Crippen molar-refractivity contribution in [2.75, 3.05) is 0 Å². The van der Waals surface area contributed by atoms with Gasteiger partial charge in [0.1, 0.15) is 5.82 Å². The third kappa shape index (κ3) is 2.10. The molecule has 3 aromatic rings. The standard InChI is InChI=1S/C16H13N3OS/c1-9-4-11-6-12-14(15(11)17-7-9)16(20)19-13(18-12)5-10-2-3-21-8-10/h2-4,7-8H,5-6H2,1H3,(H,18,19,20). The molecule has 4 rings (SSSR count). The van der Waals surface area contributed by atoms with Crippen molar-refractivity contribution >= 4 is 11.3 Å². The van der Waals surface area contributed by atoms with Crippen LogP contribution < -0.4 is 5.56 Å². The zero-order chi connectivity index (χ0) is 14.4. The molecule has 21 heavy (non-hydrogen) atoms. The first kappa shape index (κ1) is 12.5. The smallest absolute Gasteiger partial charge is 0.260 e. The van der Waals surface area contributed by atoms with E-state index in [0.717, 1.165) is 28.3 Å². The molecule has 3 heterocycles. The van der Waals surface area contributed by atoms with Crippen molar-refractivity contribution in [3.63, 3.8) is 0 Å². The zero-order valence-electron chi connectivity index (χ0n) is 11.5. The molecule has 0 saturated heterocycles. The Balaban J connectivity index is 1.79. The Morgan fingerprint density at radius 1 is 1.43 bits per heavy atom. The highest BCUT2D eigenvalue weighted by Gasteiger charge is 2.25. The number of H-pyrrole nitrogens is 1. The summed E-state index contributed by atoms with van der Waals surface area (Å²) < 4.78 is 0. The number of rotatable bonds is 2. The van der Waals surface area contributed by atoms with Crippen LogP contribution in [0.3, 0.4) is 0 Å². The summed E-state index contributed by atoms with van der Waals surface area (Å²) in [6.45, 7) is 2.01. The maximum Gasteiger partial charge on any atom is 0.260 e. The van der Waals surface area contributed by atoms with Gasteiger partial charge in [-0.1, -0.05) is 6.07 Å². The Morgan fingerprint density at radius 2 is 2.33 bits per heavy atom. The van der Waals surface area contributed by atoms with E-state index < -0.39 is 0 Å². The number of nitrogens with zero attached hydrogens (tertiary/aromatic N) is 2. The molecule has 0 radical (unpaired) electrons. The molecular formula is C16H13N3OS. The van der Waals surface area contributed by atoms with E-state index >= 15 is 0 Å². The highest BCUT2D eigenvalue weighted by atomic mass is 32.1. The maximum atomic E-state index is 12.4. The van der Waals surface area contributed by atoms with Gasteiger partial charge >= 0.3 is 0 Å². The second-order valence-corrected chi connectivity index (χ2v) is 6.12. The molecule has 0 atom stereocenters. The van der Waals surface area contributed by atoms with E-state index in [2.05, 4.69) is 32.5 Å². The largest absolute Gasteiger partial charge is 0.310 e. The summed E-state index contributed by atoms with van der Waals surface area (Å²) in [7, 11) is 0. The highest BCUT2D eigenvalue weighted by molar-refractivity contribution is 7.07. The number of aromatic amines is 1. The molecule has 0 bridgehead atoms. The van der Waals surface area contributed by atoms with Crippen molar-refractivity contribution in [3.8, 4) is 11.3 Å². The molecule has 4 nitrogen and oxygen atoms in total. The van der Waals surface area contributed by atoms with E-state index in [1.165, 1.54) is 5.56 Å². The fraction of sp³-hybridized carbons (Fsp3) is 0.188. The lowest BCUT2D eigenvalue weighted by Crippen LogP contribution is -2.15. The normalized spacial score (nSPS) is 12.2. The minimum atomic E-state index is -0.0830. The highest BCUT2D eigenvalue weighted by Crippen LogP contribution is 2.31. The lowest BCUT2D eigenvalue weighted by atomic mass is 10.1. The summed E-state index contributed by atoms with van der Waals surface area (Å²) in [4.78, 5) is 24.3. The van der Waals surface area contributed by atoms with Gasteiger partial charge in [-0.15, -0.1) is 0 Å². The van der Waals surface area contributed by atoms with Crippen molar-refractivity contribution in [2.24, 2.45) is 0 Å². The molecule has 5 heteroatoms. The van der Waals surface area contributed by atoms with Crippen LogP contribution in [-0.2, 0) is 12.8 Å². The van der Waals surface area contributed by atoms with Crippen LogP contribution in [0, 0.1) is 6.92 Å². The van der Waals surface area contributed by atoms with E-state index in [0.29, 0.717) is 18.4 Å². The van der Waals surface area contributed by atoms with Crippen molar-refractivity contribution in [3.05, 3.63) is 67.7 Å². The average Bonchev–Trinajstić information content (AvgIpc) is 3.05. The van der Waals surface area contributed by atoms with Crippen molar-refractivity contribution in [1.29, 1.82) is 0 Å². The maximum absolute atomic E-state index is 12.4. The molecule has 0 unspecified atom stereocenters. The molecule has 0 saturated carbocycles. The first-order chi connectivity index (χ1) is 10.2. The van der Waals surface area contributed by atoms with Crippen LogP contribution in [0.4, 0.5) is 0 Å². The number of hydrogen-bond acceptors (Lipinski definition) is 4. The Morgan fingerprint density at radius 3 is 3.14 bits per heavy atom. The van der Waals surface area contributed by atoms with Gasteiger partial charge < -0.3 is 4.98 Å². The van der Waals surface area contributed by atoms with Crippen molar-refractivity contribution in [2.45, 2.75) is 19.8 Å². The van der Waals surface area contributed by atoms with Gasteiger partial charge in [0.05, 0.1) is 17.0 Å². The van der Waals surface area contributed by atoms with Crippen LogP contribution in [0.1, 0.15) is 28.2 Å². The third-order valence-corrected chi connectivity index (χ3v) is 4.43. The number of fused-ring (bicyclic) bond motifs is 3. The number of hydrogen-bond donors (Lipinski definition) is 1. The Labute approximate surface area is 125 Å². The second-order valence-electron chi connectivity index (χ2n) is 5.34. The third-order valence-electron chi connectivity index (χ3n) is 3.69. The van der Waals surface area contributed by atoms with Gasteiger partial charge in [-0.05, 0) is 40.4 Å². The Hall–Kier alpha value is -2.27. The van der Waals surface area contributed by atoms with E-state index in [4.69, 9.17) is 0 Å². The molecule has 0 amide bonds. The molecule has 0 aliphatic heterocycles. The molecule has 3 aromatic heterocycles. The van der Waals surface area contributed by atoms with Crippen LogP contribution in [0.5, 0.6) is 0 Å². The van der Waals surface area contributed by atoms with E-state index in [1.807, 2.05) is 12.3 Å². The first-order valence-electron chi connectivity index (χ1n) is 6.80. The fourth-order valence-corrected chi connectivity index (χ4v) is 3.45. The minimum absolute atomic E-state index is 0.0830. The van der Waals surface area contributed by atoms with Gasteiger partial charge in [0.25, 0.3) is 5.56 Å². The summed E-state index contributed by atoms with van der Waals surface area (Å²) >= 11 is 1.65. The Bertz CT molecular complexity index is 881. The van der Waals surface area contributed by atoms with E-state index in [9.17, 15) is 4.79 Å². The van der Waals surface area contributed by atoms with E-state index in [1.54, 1.807) is 17.5 Å². The molecule has 0 fully saturated rings. The van der Waals surface area contributed by atoms with Gasteiger partial charge in [0.15, 0.2) is 0 Å². The van der Waals surface area contributed by atoms with Crippen molar-refractivity contribution in [1.82, 2.24) is 15.0 Å². The van der Waals surface area contributed by atoms with Gasteiger partial charge in [-0.25, -0.2) is 4.98 Å². The molecule has 1 N–H and O–H groups in total. The van der Waals surface area contributed by atoms with Crippen LogP contribution in [0.25, 0.3) is 11.3 Å². The van der Waals surface area contributed by atoms with E-state index in [-0.39, 0.29) is 5.56 Å². The van der Waals surface area contributed by atoms with Crippen LogP contribution in [0.15, 0.2) is 33.9 Å². The summed E-state index contributed by atoms with van der Waals surface area (Å²) in [5.74, 6) is 0.724. The molecule has 0 aromatic carbocycles. The second kappa shape index (κ2) is 4.63. The van der Waals surface area contributed by atoms with Crippen LogP contribution in [0.2, 0.25) is 0 Å². The number of thiophene rings is 1. The quantitative estimate of drug-likeness (QED) is 0.618. The monoisotopic (exact) mass is 295 g/mol. The lowest BCUT2D eigenvalue weighted by molar-refractivity contribution is 0.918. The number of aromatic nitrogens is 3. The summed E-state index contributed by atoms with van der Waals surface area (Å²) in [5.41, 5.74) is 5.56. The number of nitrogens with one attached hydrogen (secondary N) is 1. The van der Waals surface area contributed by atoms with Gasteiger partial charge in [-0.3, -0.25) is 9.78 Å². The molecule has 0 spiro atoms. The SMILES string of the molecule is Cc1cnc2c(c1)Cc1nc(Cc3ccsc3)[nH]c(=O)c1-2. The Kier molecular flexibility index (Phi) is 2.75. The molecular weight excluding hydrogens is 282 g/mol. The predicted molar refractivity (Wildman–Crippen MR) is 82.8 cm³/mol. The minimum Gasteiger partial charge on any atom is -0.310 e. The van der Waals surface area contributed by atoms with Gasteiger partial charge in [0, 0.05) is 19.0 Å². The first-order valence-corrected chi connectivity index (χ1v) is 7.74. The summed E-state index contributed by atoms with van der Waals surface area (Å²) in [6, 6.07) is 4.14. The lowest BCUT2D eigenvalue weighted by Gasteiger charge is -2.03.